The van der Waals surface area contributed by atoms with Gasteiger partial charge >= 0.3 is 5.69 Å². The van der Waals surface area contributed by atoms with Gasteiger partial charge in [0, 0.05) is 6.20 Å². The molecule has 18 heavy (non-hydrogen) atoms. The van der Waals surface area contributed by atoms with Crippen molar-refractivity contribution in [2.75, 3.05) is 11.1 Å². The normalized spacial score (nSPS) is 10.0. The molecule has 0 amide bonds. The molecule has 0 aliphatic carbocycles. The Labute approximate surface area is 101 Å². The fourth-order valence-electron chi connectivity index (χ4n) is 1.30. The minimum Gasteiger partial charge on any atom is -0.378 e. The molecule has 92 valence electrons. The molecule has 0 aliphatic heterocycles. The lowest BCUT2D eigenvalue weighted by Gasteiger charge is -2.05. The number of hydrogen-bond acceptors (Lipinski definition) is 8. The van der Waals surface area contributed by atoms with E-state index < -0.39 is 4.92 Å². The standard InChI is InChI=1S/C9H9N7O2/c10-8-7(16(17)18)9(13-5-12-8)11-4-6-2-1-3-14-15-6/h1-3,5H,4H2,(H3,10,11,12,13). The van der Waals surface area contributed by atoms with Gasteiger partial charge in [-0.3, -0.25) is 10.1 Å². The van der Waals surface area contributed by atoms with E-state index in [2.05, 4.69) is 25.5 Å². The third-order valence-electron chi connectivity index (χ3n) is 2.10. The first kappa shape index (κ1) is 11.6. The molecule has 2 rings (SSSR count). The summed E-state index contributed by atoms with van der Waals surface area (Å²) in [5, 5.41) is 21.1. The van der Waals surface area contributed by atoms with Crippen LogP contribution in [0.3, 0.4) is 0 Å². The molecule has 2 heterocycles. The van der Waals surface area contributed by atoms with Crippen LogP contribution in [-0.4, -0.2) is 25.1 Å². The molecule has 0 unspecified atom stereocenters. The van der Waals surface area contributed by atoms with Crippen molar-refractivity contribution in [1.29, 1.82) is 0 Å². The summed E-state index contributed by atoms with van der Waals surface area (Å²) < 4.78 is 0. The molecule has 0 radical (unpaired) electrons. The number of aromatic nitrogens is 4. The van der Waals surface area contributed by atoms with Gasteiger partial charge in [0.2, 0.25) is 11.6 Å². The summed E-state index contributed by atoms with van der Waals surface area (Å²) in [6.07, 6.45) is 2.69. The van der Waals surface area contributed by atoms with Crippen molar-refractivity contribution in [3.05, 3.63) is 40.5 Å². The first-order chi connectivity index (χ1) is 8.68. The van der Waals surface area contributed by atoms with Gasteiger partial charge in [0.15, 0.2) is 0 Å². The third-order valence-corrected chi connectivity index (χ3v) is 2.10. The van der Waals surface area contributed by atoms with Crippen molar-refractivity contribution in [2.45, 2.75) is 6.54 Å². The van der Waals surface area contributed by atoms with E-state index in [-0.39, 0.29) is 23.9 Å². The summed E-state index contributed by atoms with van der Waals surface area (Å²) in [4.78, 5) is 17.6. The third kappa shape index (κ3) is 2.45. The van der Waals surface area contributed by atoms with Crippen LogP contribution in [0.2, 0.25) is 0 Å². The van der Waals surface area contributed by atoms with Gasteiger partial charge in [-0.2, -0.15) is 10.2 Å². The largest absolute Gasteiger partial charge is 0.378 e. The van der Waals surface area contributed by atoms with Gasteiger partial charge in [-0.1, -0.05) is 0 Å². The topological polar surface area (TPSA) is 133 Å². The second kappa shape index (κ2) is 4.99. The van der Waals surface area contributed by atoms with Crippen LogP contribution in [0.25, 0.3) is 0 Å². The highest BCUT2D eigenvalue weighted by Gasteiger charge is 2.20. The van der Waals surface area contributed by atoms with Gasteiger partial charge in [0.25, 0.3) is 0 Å². The molecular weight excluding hydrogens is 238 g/mol. The number of nitrogen functional groups attached to an aromatic ring is 1. The van der Waals surface area contributed by atoms with Gasteiger partial charge in [0.1, 0.15) is 6.33 Å². The Bertz CT molecular complexity index is 560. The molecule has 3 N–H and O–H groups in total. The van der Waals surface area contributed by atoms with Crippen LogP contribution in [0, 0.1) is 10.1 Å². The SMILES string of the molecule is Nc1ncnc(NCc2cccnn2)c1[N+](=O)[O-]. The smallest absolute Gasteiger partial charge is 0.352 e. The highest BCUT2D eigenvalue weighted by atomic mass is 16.6. The fourth-order valence-corrected chi connectivity index (χ4v) is 1.30. The molecule has 0 spiro atoms. The minimum atomic E-state index is -0.631. The van der Waals surface area contributed by atoms with E-state index in [1.54, 1.807) is 12.1 Å². The van der Waals surface area contributed by atoms with Crippen molar-refractivity contribution in [2.24, 2.45) is 0 Å². The van der Waals surface area contributed by atoms with E-state index in [4.69, 9.17) is 5.73 Å². The Balaban J connectivity index is 2.20. The summed E-state index contributed by atoms with van der Waals surface area (Å²) in [6, 6.07) is 3.45. The number of nitrogens with one attached hydrogen (secondary N) is 1. The van der Waals surface area contributed by atoms with E-state index in [0.29, 0.717) is 5.69 Å². The second-order valence-electron chi connectivity index (χ2n) is 3.28. The Hall–Kier alpha value is -2.84. The molecule has 9 nitrogen and oxygen atoms in total. The van der Waals surface area contributed by atoms with E-state index >= 15 is 0 Å². The Morgan fingerprint density at radius 3 is 2.94 bits per heavy atom. The number of anilines is 2. The molecule has 0 aromatic carbocycles. The molecule has 9 heteroatoms. The highest BCUT2D eigenvalue weighted by molar-refractivity contribution is 5.67. The Kier molecular flexibility index (Phi) is 3.23. The van der Waals surface area contributed by atoms with Gasteiger partial charge in [-0.05, 0) is 12.1 Å². The molecule has 0 fully saturated rings. The summed E-state index contributed by atoms with van der Waals surface area (Å²) in [5.74, 6) is -0.130. The van der Waals surface area contributed by atoms with Gasteiger partial charge < -0.3 is 11.1 Å². The van der Waals surface area contributed by atoms with Crippen LogP contribution in [-0.2, 0) is 6.54 Å². The van der Waals surface area contributed by atoms with E-state index in [9.17, 15) is 10.1 Å². The van der Waals surface area contributed by atoms with Crippen LogP contribution in [0.4, 0.5) is 17.3 Å². The summed E-state index contributed by atoms with van der Waals surface area (Å²) >= 11 is 0. The van der Waals surface area contributed by atoms with Crippen LogP contribution in [0.15, 0.2) is 24.7 Å². The lowest BCUT2D eigenvalue weighted by Crippen LogP contribution is -2.09. The molecule has 0 aliphatic rings. The van der Waals surface area contributed by atoms with Crippen molar-refractivity contribution < 1.29 is 4.92 Å². The predicted molar refractivity (Wildman–Crippen MR) is 62.5 cm³/mol. The van der Waals surface area contributed by atoms with Gasteiger partial charge in [0.05, 0.1) is 17.2 Å². The zero-order chi connectivity index (χ0) is 13.0. The average Bonchev–Trinajstić information content (AvgIpc) is 2.37. The van der Waals surface area contributed by atoms with Crippen LogP contribution < -0.4 is 11.1 Å². The average molecular weight is 247 g/mol. The number of rotatable bonds is 4. The monoisotopic (exact) mass is 247 g/mol. The first-order valence-electron chi connectivity index (χ1n) is 4.94. The molecule has 2 aromatic rings. The minimum absolute atomic E-state index is 0.0538. The molecule has 0 saturated heterocycles. The van der Waals surface area contributed by atoms with E-state index in [1.807, 2.05) is 0 Å². The first-order valence-corrected chi connectivity index (χ1v) is 4.94. The van der Waals surface area contributed by atoms with Gasteiger partial charge in [-0.25, -0.2) is 9.97 Å². The van der Waals surface area contributed by atoms with Crippen LogP contribution >= 0.6 is 0 Å². The zero-order valence-corrected chi connectivity index (χ0v) is 9.15. The fraction of sp³-hybridized carbons (Fsp3) is 0.111. The summed E-state index contributed by atoms with van der Waals surface area (Å²) in [7, 11) is 0. The molecule has 0 saturated carbocycles. The Morgan fingerprint density at radius 2 is 2.28 bits per heavy atom. The van der Waals surface area contributed by atoms with Crippen molar-refractivity contribution in [3.8, 4) is 0 Å². The maximum atomic E-state index is 10.8. The number of nitro groups is 1. The van der Waals surface area contributed by atoms with Crippen molar-refractivity contribution in [3.63, 3.8) is 0 Å². The lowest BCUT2D eigenvalue weighted by molar-refractivity contribution is -0.383. The van der Waals surface area contributed by atoms with E-state index in [1.165, 1.54) is 6.20 Å². The Morgan fingerprint density at radius 1 is 1.44 bits per heavy atom. The van der Waals surface area contributed by atoms with Crippen molar-refractivity contribution in [1.82, 2.24) is 20.2 Å². The number of nitrogens with two attached hydrogens (primary N) is 1. The zero-order valence-electron chi connectivity index (χ0n) is 9.15. The van der Waals surface area contributed by atoms with Crippen LogP contribution in [0.1, 0.15) is 5.69 Å². The second-order valence-corrected chi connectivity index (χ2v) is 3.28. The molecule has 2 aromatic heterocycles. The van der Waals surface area contributed by atoms with Crippen molar-refractivity contribution >= 4 is 17.3 Å². The highest BCUT2D eigenvalue weighted by Crippen LogP contribution is 2.26. The number of hydrogen-bond donors (Lipinski definition) is 2. The lowest BCUT2D eigenvalue weighted by atomic mass is 10.3. The summed E-state index contributed by atoms with van der Waals surface area (Å²) in [5.41, 5.74) is 5.71. The van der Waals surface area contributed by atoms with Crippen LogP contribution in [0.5, 0.6) is 0 Å². The molecular formula is C9H9N7O2. The maximum Gasteiger partial charge on any atom is 0.352 e. The molecule has 0 atom stereocenters. The summed E-state index contributed by atoms with van der Waals surface area (Å²) in [6.45, 7) is 0.255. The predicted octanol–water partition coefficient (Wildman–Crippen LogP) is 0.369. The molecule has 0 bridgehead atoms. The van der Waals surface area contributed by atoms with E-state index in [0.717, 1.165) is 6.33 Å². The van der Waals surface area contributed by atoms with Gasteiger partial charge in [-0.15, -0.1) is 0 Å². The maximum absolute atomic E-state index is 10.8. The quantitative estimate of drug-likeness (QED) is 0.584. The number of nitrogens with zero attached hydrogens (tertiary/aromatic N) is 5.